The van der Waals surface area contributed by atoms with E-state index in [9.17, 15) is 14.7 Å². The van der Waals surface area contributed by atoms with Crippen molar-refractivity contribution in [3.63, 3.8) is 0 Å². The first-order chi connectivity index (χ1) is 14.3. The van der Waals surface area contributed by atoms with Crippen molar-refractivity contribution in [1.82, 2.24) is 4.90 Å². The number of aromatic hydroxyl groups is 2. The minimum atomic E-state index is -1.21. The second-order valence-electron chi connectivity index (χ2n) is 6.41. The molecule has 2 aliphatic rings. The Kier molecular flexibility index (Phi) is 7.96. The van der Waals surface area contributed by atoms with Gasteiger partial charge in [0.25, 0.3) is 0 Å². The zero-order valence-corrected chi connectivity index (χ0v) is 16.4. The molecule has 0 aromatic heterocycles. The Morgan fingerprint density at radius 3 is 2.07 bits per heavy atom. The van der Waals surface area contributed by atoms with Crippen LogP contribution in [0.4, 0.5) is 0 Å². The molecule has 7 nitrogen and oxygen atoms in total. The summed E-state index contributed by atoms with van der Waals surface area (Å²) >= 11 is 0. The van der Waals surface area contributed by atoms with Gasteiger partial charge in [0.05, 0.1) is 6.61 Å². The smallest absolute Gasteiger partial charge is 0.339 e. The molecular weight excluding hydrogens is 386 g/mol. The van der Waals surface area contributed by atoms with Gasteiger partial charge < -0.3 is 25.3 Å². The predicted molar refractivity (Wildman–Crippen MR) is 113 cm³/mol. The van der Waals surface area contributed by atoms with Crippen LogP contribution in [0.25, 0.3) is 0 Å². The molecule has 30 heavy (non-hydrogen) atoms. The third kappa shape index (κ3) is 6.35. The molecule has 1 aliphatic heterocycles. The lowest BCUT2D eigenvalue weighted by atomic mass is 10.1. The van der Waals surface area contributed by atoms with E-state index in [4.69, 9.17) is 15.3 Å². The normalized spacial score (nSPS) is 14.5. The highest BCUT2D eigenvalue weighted by molar-refractivity contribution is 6.01. The van der Waals surface area contributed by atoms with Gasteiger partial charge in [-0.15, -0.1) is 0 Å². The fourth-order valence-corrected chi connectivity index (χ4v) is 2.48. The largest absolute Gasteiger partial charge is 0.508 e. The fraction of sp³-hybridized carbons (Fsp3) is 0.130. The highest BCUT2D eigenvalue weighted by Crippen LogP contribution is 2.29. The van der Waals surface area contributed by atoms with Crippen molar-refractivity contribution in [3.05, 3.63) is 95.4 Å². The number of carbonyl (C=O) groups is 2. The third-order valence-corrected chi connectivity index (χ3v) is 4.26. The van der Waals surface area contributed by atoms with E-state index in [1.54, 1.807) is 24.3 Å². The Hall–Kier alpha value is -3.84. The summed E-state index contributed by atoms with van der Waals surface area (Å²) in [7, 11) is 0. The van der Waals surface area contributed by atoms with Gasteiger partial charge in [0.1, 0.15) is 17.1 Å². The molecule has 0 bridgehead atoms. The lowest BCUT2D eigenvalue weighted by Crippen LogP contribution is -2.15. The first-order valence-corrected chi connectivity index (χ1v) is 9.11. The number of allylic oxidation sites excluding steroid dienone is 10. The van der Waals surface area contributed by atoms with Gasteiger partial charge in [-0.25, -0.2) is 4.79 Å². The average molecular weight is 409 g/mol. The van der Waals surface area contributed by atoms with Gasteiger partial charge in [-0.05, 0) is 54.5 Å². The molecule has 1 aromatic rings. The summed E-state index contributed by atoms with van der Waals surface area (Å²) < 4.78 is 0. The van der Waals surface area contributed by atoms with E-state index >= 15 is 0 Å². The molecule has 0 saturated heterocycles. The first kappa shape index (κ1) is 22.4. The van der Waals surface area contributed by atoms with E-state index in [1.807, 2.05) is 41.6 Å². The molecule has 0 atom stereocenters. The topological polar surface area (TPSA) is 118 Å². The van der Waals surface area contributed by atoms with Crippen LogP contribution in [0.5, 0.6) is 11.5 Å². The number of nitrogens with zero attached hydrogens (tertiary/aromatic N) is 1. The van der Waals surface area contributed by atoms with Crippen molar-refractivity contribution < 1.29 is 30.0 Å². The monoisotopic (exact) mass is 409 g/mol. The number of rotatable bonds is 4. The van der Waals surface area contributed by atoms with E-state index < -0.39 is 5.97 Å². The number of aliphatic hydroxyl groups is 1. The van der Waals surface area contributed by atoms with E-state index in [2.05, 4.69) is 0 Å². The van der Waals surface area contributed by atoms with Crippen LogP contribution >= 0.6 is 0 Å². The number of phenolic OH excluding ortho intramolecular Hbond substituents is 1. The molecular formula is C23H23NO6. The zero-order valence-electron chi connectivity index (χ0n) is 16.4. The summed E-state index contributed by atoms with van der Waals surface area (Å²) in [5.41, 5.74) is 2.05. The standard InChI is InChI=1S/C15H15NO2.C8H8O4/c17-12-11-16-9-7-14(8-10-16)2-1-13-3-5-15(18)6-4-13;1-4-6(9)3-2-5(7(4)10)8(11)12/h1-10,17H,11-12H2;2-3,9-10H,1H3,(H,11,12). The molecule has 4 N–H and O–H groups in total. The quantitative estimate of drug-likeness (QED) is 0.604. The minimum absolute atomic E-state index is 0.0249. The molecule has 3 rings (SSSR count). The Bertz CT molecular complexity index is 961. The second-order valence-corrected chi connectivity index (χ2v) is 6.41. The summed E-state index contributed by atoms with van der Waals surface area (Å²) in [6.45, 7) is 2.19. The van der Waals surface area contributed by atoms with Crippen LogP contribution in [0, 0.1) is 6.92 Å². The number of carboxylic acid groups (broad SMARTS) is 1. The van der Waals surface area contributed by atoms with Gasteiger partial charge in [-0.1, -0.05) is 24.3 Å². The molecule has 0 spiro atoms. The number of carbonyl (C=O) groups excluding carboxylic acids is 1. The maximum atomic E-state index is 10.9. The molecule has 0 radical (unpaired) electrons. The Morgan fingerprint density at radius 2 is 1.53 bits per heavy atom. The van der Waals surface area contributed by atoms with Crippen molar-refractivity contribution >= 4 is 11.8 Å². The van der Waals surface area contributed by atoms with Crippen LogP contribution in [-0.2, 0) is 4.79 Å². The van der Waals surface area contributed by atoms with Gasteiger partial charge in [0.2, 0.25) is 0 Å². The zero-order chi connectivity index (χ0) is 22.1. The molecule has 0 fully saturated rings. The summed E-state index contributed by atoms with van der Waals surface area (Å²) in [5.74, 6) is -1.69. The van der Waals surface area contributed by atoms with Crippen LogP contribution in [0.1, 0.15) is 15.9 Å². The number of aromatic carboxylic acids is 1. The van der Waals surface area contributed by atoms with Crippen LogP contribution in [0.2, 0.25) is 0 Å². The van der Waals surface area contributed by atoms with Crippen LogP contribution < -0.4 is 0 Å². The maximum Gasteiger partial charge on any atom is 0.339 e. The van der Waals surface area contributed by atoms with Gasteiger partial charge in [0.15, 0.2) is 5.78 Å². The second kappa shape index (κ2) is 10.6. The van der Waals surface area contributed by atoms with Crippen LogP contribution in [0.3, 0.4) is 0 Å². The van der Waals surface area contributed by atoms with Crippen LogP contribution in [0.15, 0.2) is 84.3 Å². The number of ketones is 1. The van der Waals surface area contributed by atoms with E-state index in [0.717, 1.165) is 17.2 Å². The minimum Gasteiger partial charge on any atom is -0.508 e. The summed E-state index contributed by atoms with van der Waals surface area (Å²) in [5, 5.41) is 35.6. The number of phenols is 2. The number of benzene rings is 1. The van der Waals surface area contributed by atoms with E-state index in [-0.39, 0.29) is 35.0 Å². The van der Waals surface area contributed by atoms with Crippen LogP contribution in [-0.4, -0.2) is 50.2 Å². The summed E-state index contributed by atoms with van der Waals surface area (Å²) in [4.78, 5) is 23.3. The molecule has 7 heteroatoms. The van der Waals surface area contributed by atoms with Crippen molar-refractivity contribution in [2.24, 2.45) is 0 Å². The van der Waals surface area contributed by atoms with Crippen molar-refractivity contribution in [2.75, 3.05) is 13.2 Å². The Balaban J connectivity index is 0.000000232. The average Bonchev–Trinajstić information content (AvgIpc) is 2.73. The van der Waals surface area contributed by atoms with Gasteiger partial charge in [-0.2, -0.15) is 0 Å². The predicted octanol–water partition coefficient (Wildman–Crippen LogP) is 2.97. The fourth-order valence-electron chi connectivity index (χ4n) is 2.48. The van der Waals surface area contributed by atoms with Crippen molar-refractivity contribution in [1.29, 1.82) is 0 Å². The Morgan fingerprint density at radius 1 is 0.967 bits per heavy atom. The Labute approximate surface area is 174 Å². The number of hydrogen-bond donors (Lipinski definition) is 4. The molecule has 0 saturated carbocycles. The first-order valence-electron chi connectivity index (χ1n) is 9.11. The number of hydrogen-bond acceptors (Lipinski definition) is 6. The molecule has 156 valence electrons. The van der Waals surface area contributed by atoms with Crippen molar-refractivity contribution in [3.8, 4) is 11.5 Å². The highest BCUT2D eigenvalue weighted by Gasteiger charge is 2.13. The summed E-state index contributed by atoms with van der Waals surface area (Å²) in [6.07, 6.45) is 18.5. The molecule has 1 heterocycles. The molecule has 1 aliphatic carbocycles. The SMILES string of the molecule is Cc1c(O)ccc(C(=O)O)c1O.O=C1C=CC(=CC=C2C=CN(CCO)C=C2)C=C1. The highest BCUT2D eigenvalue weighted by atomic mass is 16.4. The number of carboxylic acids is 1. The van der Waals surface area contributed by atoms with E-state index in [1.165, 1.54) is 13.0 Å². The lowest BCUT2D eigenvalue weighted by molar-refractivity contribution is -0.110. The molecule has 1 aromatic carbocycles. The molecule has 0 amide bonds. The maximum absolute atomic E-state index is 10.9. The number of β-amino-alcohol motifs (C(OH)–C–C–N with tert-alkyl or cyclic N) is 1. The third-order valence-electron chi connectivity index (χ3n) is 4.26. The number of aliphatic hydroxyl groups excluding tert-OH is 1. The van der Waals surface area contributed by atoms with Gasteiger partial charge in [0, 0.05) is 24.5 Å². The van der Waals surface area contributed by atoms with Gasteiger partial charge in [-0.3, -0.25) is 4.79 Å². The summed E-state index contributed by atoms with van der Waals surface area (Å²) in [6, 6.07) is 2.39. The van der Waals surface area contributed by atoms with Gasteiger partial charge >= 0.3 is 5.97 Å². The lowest BCUT2D eigenvalue weighted by Gasteiger charge is -2.16. The van der Waals surface area contributed by atoms with E-state index in [0.29, 0.717) is 6.54 Å². The van der Waals surface area contributed by atoms with Crippen molar-refractivity contribution in [2.45, 2.75) is 6.92 Å². The molecule has 0 unspecified atom stereocenters.